The second-order valence-corrected chi connectivity index (χ2v) is 10.2. The van der Waals surface area contributed by atoms with Crippen molar-refractivity contribution in [3.8, 4) is 5.75 Å². The third-order valence-electron chi connectivity index (χ3n) is 7.93. The van der Waals surface area contributed by atoms with E-state index in [1.165, 1.54) is 11.9 Å². The summed E-state index contributed by atoms with van der Waals surface area (Å²) in [7, 11) is 1.50. The second kappa shape index (κ2) is 10.5. The maximum atomic E-state index is 13.5. The number of carboxylic acids is 2. The van der Waals surface area contributed by atoms with Gasteiger partial charge in [-0.15, -0.1) is 0 Å². The molecule has 188 valence electrons. The summed E-state index contributed by atoms with van der Waals surface area (Å²) < 4.78 is 5.80. The minimum atomic E-state index is -1.10. The minimum Gasteiger partial charge on any atom is -0.489 e. The maximum Gasteiger partial charge on any atom is 0.326 e. The lowest BCUT2D eigenvalue weighted by atomic mass is 9.53. The number of hydrogen-bond acceptors (Lipinski definition) is 4. The molecule has 7 nitrogen and oxygen atoms in total. The number of ether oxygens (including phenoxy) is 1. The van der Waals surface area contributed by atoms with E-state index in [0.717, 1.165) is 11.1 Å². The molecule has 2 aromatic carbocycles. The lowest BCUT2D eigenvalue weighted by Crippen LogP contribution is -2.56. The third-order valence-corrected chi connectivity index (χ3v) is 7.93. The SMILES string of the molecule is CN(C(=O)[C@H]1CCC[C@@](C)(C(=O)O)C1(C)C)[C@@H](Cc1ccc(OCc2ccccc2)cc1)C(=O)O. The molecule has 7 heteroatoms. The van der Waals surface area contributed by atoms with E-state index >= 15 is 0 Å². The molecule has 0 unspecified atom stereocenters. The highest BCUT2D eigenvalue weighted by Gasteiger charge is 2.56. The molecule has 0 aliphatic heterocycles. The van der Waals surface area contributed by atoms with Gasteiger partial charge in [0, 0.05) is 19.4 Å². The number of aliphatic carboxylic acids is 2. The van der Waals surface area contributed by atoms with Gasteiger partial charge < -0.3 is 19.8 Å². The third kappa shape index (κ3) is 5.50. The maximum absolute atomic E-state index is 13.5. The molecule has 1 aliphatic rings. The fraction of sp³-hybridized carbons (Fsp3) is 0.464. The molecule has 0 aromatic heterocycles. The van der Waals surface area contributed by atoms with Gasteiger partial charge in [0.15, 0.2) is 0 Å². The average Bonchev–Trinajstić information content (AvgIpc) is 2.83. The molecule has 2 N–H and O–H groups in total. The van der Waals surface area contributed by atoms with Gasteiger partial charge in [-0.3, -0.25) is 9.59 Å². The van der Waals surface area contributed by atoms with Crippen molar-refractivity contribution in [3.63, 3.8) is 0 Å². The number of amides is 1. The quantitative estimate of drug-likeness (QED) is 0.541. The number of hydrogen-bond donors (Lipinski definition) is 2. The van der Waals surface area contributed by atoms with Crippen LogP contribution < -0.4 is 4.74 Å². The Labute approximate surface area is 206 Å². The molecule has 0 saturated heterocycles. The van der Waals surface area contributed by atoms with Gasteiger partial charge in [-0.05, 0) is 48.4 Å². The Morgan fingerprint density at radius 2 is 1.63 bits per heavy atom. The molecule has 1 saturated carbocycles. The number of nitrogens with zero attached hydrogens (tertiary/aromatic N) is 1. The molecule has 35 heavy (non-hydrogen) atoms. The first-order valence-electron chi connectivity index (χ1n) is 12.0. The molecule has 0 heterocycles. The van der Waals surface area contributed by atoms with Crippen molar-refractivity contribution in [1.29, 1.82) is 0 Å². The standard InChI is InChI=1S/C28H35NO6/c1-27(2)22(11-8-16-28(27,3)26(33)34)24(30)29(4)23(25(31)32)17-19-12-14-21(15-13-19)35-18-20-9-6-5-7-10-20/h5-7,9-10,12-15,22-23H,8,11,16-18H2,1-4H3,(H,31,32)(H,33,34)/t22-,23+,28+/m1/s1. The van der Waals surface area contributed by atoms with E-state index in [9.17, 15) is 24.6 Å². The first-order chi connectivity index (χ1) is 16.5. The molecule has 1 fully saturated rings. The fourth-order valence-electron chi connectivity index (χ4n) is 5.02. The van der Waals surface area contributed by atoms with E-state index in [2.05, 4.69) is 0 Å². The van der Waals surface area contributed by atoms with Crippen LogP contribution in [0.4, 0.5) is 0 Å². The van der Waals surface area contributed by atoms with Crippen LogP contribution in [0.5, 0.6) is 5.75 Å². The van der Waals surface area contributed by atoms with Crippen molar-refractivity contribution in [2.45, 2.75) is 59.1 Å². The molecule has 1 amide bonds. The van der Waals surface area contributed by atoms with Crippen LogP contribution in [0.25, 0.3) is 0 Å². The first kappa shape index (κ1) is 26.3. The molecule has 0 spiro atoms. The summed E-state index contributed by atoms with van der Waals surface area (Å²) in [5, 5.41) is 19.8. The Morgan fingerprint density at radius 3 is 2.20 bits per heavy atom. The van der Waals surface area contributed by atoms with Gasteiger partial charge in [-0.1, -0.05) is 62.7 Å². The number of rotatable bonds is 9. The summed E-state index contributed by atoms with van der Waals surface area (Å²) in [5.74, 6) is -2.24. The van der Waals surface area contributed by atoms with Crippen molar-refractivity contribution in [1.82, 2.24) is 4.90 Å². The summed E-state index contributed by atoms with van der Waals surface area (Å²) in [6.45, 7) is 5.73. The van der Waals surface area contributed by atoms with Crippen LogP contribution in [0.1, 0.15) is 51.2 Å². The Balaban J connectivity index is 1.70. The zero-order chi connectivity index (χ0) is 25.8. The fourth-order valence-corrected chi connectivity index (χ4v) is 5.02. The van der Waals surface area contributed by atoms with E-state index in [-0.39, 0.29) is 12.3 Å². The van der Waals surface area contributed by atoms with Crippen molar-refractivity contribution < 1.29 is 29.3 Å². The number of carboxylic acid groups (broad SMARTS) is 2. The molecule has 1 aliphatic carbocycles. The van der Waals surface area contributed by atoms with Crippen LogP contribution in [0.2, 0.25) is 0 Å². The van der Waals surface area contributed by atoms with Crippen molar-refractivity contribution in [2.75, 3.05) is 7.05 Å². The van der Waals surface area contributed by atoms with E-state index in [4.69, 9.17) is 4.74 Å². The van der Waals surface area contributed by atoms with Gasteiger partial charge in [0.05, 0.1) is 5.41 Å². The summed E-state index contributed by atoms with van der Waals surface area (Å²) in [6.07, 6.45) is 1.78. The Hall–Kier alpha value is -3.35. The smallest absolute Gasteiger partial charge is 0.326 e. The van der Waals surface area contributed by atoms with Crippen molar-refractivity contribution in [2.24, 2.45) is 16.7 Å². The lowest BCUT2D eigenvalue weighted by Gasteiger charge is -2.50. The first-order valence-corrected chi connectivity index (χ1v) is 12.0. The Kier molecular flexibility index (Phi) is 7.88. The largest absolute Gasteiger partial charge is 0.489 e. The topological polar surface area (TPSA) is 104 Å². The molecule has 2 aromatic rings. The number of carbonyl (C=O) groups is 3. The lowest BCUT2D eigenvalue weighted by molar-refractivity contribution is -0.170. The highest BCUT2D eigenvalue weighted by atomic mass is 16.5. The van der Waals surface area contributed by atoms with Crippen LogP contribution in [0.15, 0.2) is 54.6 Å². The summed E-state index contributed by atoms with van der Waals surface area (Å²) >= 11 is 0. The van der Waals surface area contributed by atoms with Gasteiger partial charge in [-0.25, -0.2) is 4.79 Å². The highest BCUT2D eigenvalue weighted by molar-refractivity contribution is 5.87. The average molecular weight is 482 g/mol. The predicted molar refractivity (Wildman–Crippen MR) is 132 cm³/mol. The molecule has 3 atom stereocenters. The van der Waals surface area contributed by atoms with E-state index in [1.807, 2.05) is 30.3 Å². The predicted octanol–water partition coefficient (Wildman–Crippen LogP) is 4.64. The van der Waals surface area contributed by atoms with Crippen molar-refractivity contribution in [3.05, 3.63) is 65.7 Å². The highest BCUT2D eigenvalue weighted by Crippen LogP contribution is 2.54. The van der Waals surface area contributed by atoms with Crippen molar-refractivity contribution >= 4 is 17.8 Å². The molecule has 3 rings (SSSR count). The molecular weight excluding hydrogens is 446 g/mol. The van der Waals surface area contributed by atoms with Crippen LogP contribution in [0, 0.1) is 16.7 Å². The van der Waals surface area contributed by atoms with Gasteiger partial charge in [0.25, 0.3) is 0 Å². The van der Waals surface area contributed by atoms with Gasteiger partial charge >= 0.3 is 11.9 Å². The summed E-state index contributed by atoms with van der Waals surface area (Å²) in [5.41, 5.74) is -0.0566. The Morgan fingerprint density at radius 1 is 1.00 bits per heavy atom. The van der Waals surface area contributed by atoms with Crippen LogP contribution in [-0.4, -0.2) is 46.0 Å². The molecular formula is C28H35NO6. The zero-order valence-corrected chi connectivity index (χ0v) is 20.9. The number of benzene rings is 2. The van der Waals surface area contributed by atoms with Gasteiger partial charge in [-0.2, -0.15) is 0 Å². The van der Waals surface area contributed by atoms with Gasteiger partial charge in [0.2, 0.25) is 5.91 Å². The van der Waals surface area contributed by atoms with Gasteiger partial charge in [0.1, 0.15) is 18.4 Å². The molecule has 0 radical (unpaired) electrons. The number of carbonyl (C=O) groups excluding carboxylic acids is 1. The summed E-state index contributed by atoms with van der Waals surface area (Å²) in [6, 6.07) is 15.9. The van der Waals surface area contributed by atoms with E-state index < -0.39 is 34.7 Å². The van der Waals surface area contributed by atoms with Crippen LogP contribution >= 0.6 is 0 Å². The number of likely N-dealkylation sites (N-methyl/N-ethyl adjacent to an activating group) is 1. The van der Waals surface area contributed by atoms with E-state index in [1.54, 1.807) is 45.0 Å². The Bertz CT molecular complexity index is 1050. The van der Waals surface area contributed by atoms with E-state index in [0.29, 0.717) is 31.6 Å². The normalized spacial score (nSPS) is 22.1. The minimum absolute atomic E-state index is 0.139. The second-order valence-electron chi connectivity index (χ2n) is 10.2. The van der Waals surface area contributed by atoms with Crippen LogP contribution in [-0.2, 0) is 27.4 Å². The summed E-state index contributed by atoms with van der Waals surface area (Å²) in [4.78, 5) is 38.9. The zero-order valence-electron chi connectivity index (χ0n) is 20.9. The molecule has 0 bridgehead atoms. The monoisotopic (exact) mass is 481 g/mol. The van der Waals surface area contributed by atoms with Crippen LogP contribution in [0.3, 0.4) is 0 Å².